The van der Waals surface area contributed by atoms with Crippen molar-refractivity contribution in [1.82, 2.24) is 14.7 Å². The number of guanidine groups is 1. The third kappa shape index (κ3) is 7.65. The van der Waals surface area contributed by atoms with Crippen LogP contribution in [0.25, 0.3) is 0 Å². The van der Waals surface area contributed by atoms with Gasteiger partial charge in [0, 0.05) is 47.3 Å². The highest BCUT2D eigenvalue weighted by atomic mass is 127. The van der Waals surface area contributed by atoms with Gasteiger partial charge in [-0.2, -0.15) is 0 Å². The molecule has 0 radical (unpaired) electrons. The van der Waals surface area contributed by atoms with Crippen LogP contribution >= 0.6 is 24.0 Å². The molecule has 0 aliphatic carbocycles. The van der Waals surface area contributed by atoms with Gasteiger partial charge in [0.25, 0.3) is 0 Å². The topological polar surface area (TPSA) is 31.3 Å². The van der Waals surface area contributed by atoms with Crippen molar-refractivity contribution >= 4 is 29.9 Å². The van der Waals surface area contributed by atoms with Crippen molar-refractivity contribution < 1.29 is 4.74 Å². The number of hydrogen-bond acceptors (Lipinski definition) is 3. The molecule has 0 bridgehead atoms. The first kappa shape index (κ1) is 20.9. The molecule has 21 heavy (non-hydrogen) atoms. The normalized spacial score (nSPS) is 17.1. The highest BCUT2D eigenvalue weighted by molar-refractivity contribution is 14.0. The molecule has 126 valence electrons. The van der Waals surface area contributed by atoms with E-state index in [0.29, 0.717) is 12.0 Å². The van der Waals surface area contributed by atoms with Crippen molar-refractivity contribution in [1.29, 1.82) is 0 Å². The molecule has 1 atom stereocenters. The van der Waals surface area contributed by atoms with E-state index in [2.05, 4.69) is 28.5 Å². The van der Waals surface area contributed by atoms with Crippen molar-refractivity contribution in [2.24, 2.45) is 10.9 Å². The SMILES string of the molecule is CC(C)CC(CN=C(N(C)C)N(C)C)N1CCOCC1.I. The molecular formula is C15H33IN4O. The minimum absolute atomic E-state index is 0. The summed E-state index contributed by atoms with van der Waals surface area (Å²) in [5.41, 5.74) is 0. The molecule has 0 aromatic carbocycles. The van der Waals surface area contributed by atoms with Crippen LogP contribution in [0.5, 0.6) is 0 Å². The lowest BCUT2D eigenvalue weighted by Gasteiger charge is -2.35. The van der Waals surface area contributed by atoms with Gasteiger partial charge in [0.2, 0.25) is 0 Å². The maximum absolute atomic E-state index is 5.46. The van der Waals surface area contributed by atoms with Crippen LogP contribution in [0, 0.1) is 5.92 Å². The molecule has 1 fully saturated rings. The molecule has 0 spiro atoms. The Bertz CT molecular complexity index is 292. The molecule has 0 N–H and O–H groups in total. The smallest absolute Gasteiger partial charge is 0.195 e. The molecule has 1 aliphatic heterocycles. The van der Waals surface area contributed by atoms with E-state index >= 15 is 0 Å². The van der Waals surface area contributed by atoms with Crippen molar-refractivity contribution in [2.45, 2.75) is 26.3 Å². The minimum Gasteiger partial charge on any atom is -0.379 e. The summed E-state index contributed by atoms with van der Waals surface area (Å²) in [5.74, 6) is 1.73. The van der Waals surface area contributed by atoms with Gasteiger partial charge in [-0.3, -0.25) is 9.89 Å². The van der Waals surface area contributed by atoms with Crippen molar-refractivity contribution in [3.8, 4) is 0 Å². The van der Waals surface area contributed by atoms with E-state index < -0.39 is 0 Å². The molecule has 0 aromatic heterocycles. The Morgan fingerprint density at radius 2 is 1.62 bits per heavy atom. The predicted octanol–water partition coefficient (Wildman–Crippen LogP) is 1.83. The second kappa shape index (κ2) is 10.6. The van der Waals surface area contributed by atoms with E-state index in [0.717, 1.165) is 38.8 Å². The van der Waals surface area contributed by atoms with Crippen LogP contribution in [-0.4, -0.2) is 87.7 Å². The molecule has 1 rings (SSSR count). The zero-order valence-corrected chi connectivity index (χ0v) is 16.8. The molecule has 1 aliphatic rings. The van der Waals surface area contributed by atoms with Crippen LogP contribution in [0.15, 0.2) is 4.99 Å². The van der Waals surface area contributed by atoms with Crippen molar-refractivity contribution in [3.05, 3.63) is 0 Å². The minimum atomic E-state index is 0. The third-order valence-electron chi connectivity index (χ3n) is 3.55. The lowest BCUT2D eigenvalue weighted by atomic mass is 10.0. The quantitative estimate of drug-likeness (QED) is 0.392. The van der Waals surface area contributed by atoms with E-state index in [1.165, 1.54) is 6.42 Å². The number of ether oxygens (including phenoxy) is 1. The van der Waals surface area contributed by atoms with Gasteiger partial charge in [-0.15, -0.1) is 24.0 Å². The summed E-state index contributed by atoms with van der Waals surface area (Å²) < 4.78 is 5.46. The van der Waals surface area contributed by atoms with Crippen LogP contribution in [-0.2, 0) is 4.74 Å². The highest BCUT2D eigenvalue weighted by Crippen LogP contribution is 2.14. The maximum Gasteiger partial charge on any atom is 0.195 e. The Kier molecular flexibility index (Phi) is 10.6. The molecule has 0 amide bonds. The molecule has 0 saturated carbocycles. The Morgan fingerprint density at radius 3 is 2.05 bits per heavy atom. The molecular weight excluding hydrogens is 379 g/mol. The lowest BCUT2D eigenvalue weighted by molar-refractivity contribution is 0.0142. The monoisotopic (exact) mass is 412 g/mol. The Balaban J connectivity index is 0.00000400. The summed E-state index contributed by atoms with van der Waals surface area (Å²) in [6.45, 7) is 9.22. The summed E-state index contributed by atoms with van der Waals surface area (Å²) in [4.78, 5) is 11.5. The third-order valence-corrected chi connectivity index (χ3v) is 3.55. The number of hydrogen-bond donors (Lipinski definition) is 0. The largest absolute Gasteiger partial charge is 0.379 e. The Morgan fingerprint density at radius 1 is 1.10 bits per heavy atom. The van der Waals surface area contributed by atoms with Gasteiger partial charge < -0.3 is 14.5 Å². The number of rotatable bonds is 5. The van der Waals surface area contributed by atoms with E-state index in [9.17, 15) is 0 Å². The van der Waals surface area contributed by atoms with Gasteiger partial charge in [0.05, 0.1) is 19.8 Å². The fourth-order valence-electron chi connectivity index (χ4n) is 2.70. The van der Waals surface area contributed by atoms with E-state index in [4.69, 9.17) is 9.73 Å². The van der Waals surface area contributed by atoms with Crippen LogP contribution in [0.2, 0.25) is 0 Å². The van der Waals surface area contributed by atoms with Crippen LogP contribution in [0.4, 0.5) is 0 Å². The fraction of sp³-hybridized carbons (Fsp3) is 0.933. The average Bonchev–Trinajstić information content (AvgIpc) is 2.37. The van der Waals surface area contributed by atoms with Crippen molar-refractivity contribution in [3.63, 3.8) is 0 Å². The Labute approximate surface area is 147 Å². The van der Waals surface area contributed by atoms with E-state index in [-0.39, 0.29) is 24.0 Å². The predicted molar refractivity (Wildman–Crippen MR) is 101 cm³/mol. The number of halogens is 1. The number of nitrogens with zero attached hydrogens (tertiary/aromatic N) is 4. The van der Waals surface area contributed by atoms with Gasteiger partial charge in [-0.1, -0.05) is 13.8 Å². The van der Waals surface area contributed by atoms with Gasteiger partial charge in [0.1, 0.15) is 0 Å². The van der Waals surface area contributed by atoms with Crippen LogP contribution in [0.3, 0.4) is 0 Å². The summed E-state index contributed by atoms with van der Waals surface area (Å²) in [6, 6.07) is 0.522. The first-order chi connectivity index (χ1) is 9.41. The average molecular weight is 412 g/mol. The first-order valence-corrected chi connectivity index (χ1v) is 7.62. The van der Waals surface area contributed by atoms with Crippen LogP contribution in [0.1, 0.15) is 20.3 Å². The maximum atomic E-state index is 5.46. The molecule has 1 unspecified atom stereocenters. The van der Waals surface area contributed by atoms with E-state index in [1.807, 2.05) is 28.2 Å². The van der Waals surface area contributed by atoms with Crippen molar-refractivity contribution in [2.75, 3.05) is 61.0 Å². The standard InChI is InChI=1S/C15H32N4O.HI/c1-13(2)11-14(19-7-9-20-10-8-19)12-16-15(17(3)4)18(5)6;/h13-14H,7-12H2,1-6H3;1H. The summed E-state index contributed by atoms with van der Waals surface area (Å²) in [6.07, 6.45) is 1.19. The summed E-state index contributed by atoms with van der Waals surface area (Å²) in [7, 11) is 8.19. The summed E-state index contributed by atoms with van der Waals surface area (Å²) in [5, 5.41) is 0. The van der Waals surface area contributed by atoms with Gasteiger partial charge >= 0.3 is 0 Å². The molecule has 6 heteroatoms. The van der Waals surface area contributed by atoms with Crippen LogP contribution < -0.4 is 0 Å². The second-order valence-electron chi connectivity index (χ2n) is 6.36. The van der Waals surface area contributed by atoms with Gasteiger partial charge in [0.15, 0.2) is 5.96 Å². The Hall–Kier alpha value is -0.0800. The zero-order chi connectivity index (χ0) is 15.1. The van der Waals surface area contributed by atoms with Gasteiger partial charge in [-0.25, -0.2) is 0 Å². The number of morpholine rings is 1. The van der Waals surface area contributed by atoms with Gasteiger partial charge in [-0.05, 0) is 12.3 Å². The molecule has 0 aromatic rings. The highest BCUT2D eigenvalue weighted by Gasteiger charge is 2.22. The molecule has 1 saturated heterocycles. The fourth-order valence-corrected chi connectivity index (χ4v) is 2.70. The number of aliphatic imine (C=N–C) groups is 1. The van der Waals surface area contributed by atoms with E-state index in [1.54, 1.807) is 0 Å². The second-order valence-corrected chi connectivity index (χ2v) is 6.36. The first-order valence-electron chi connectivity index (χ1n) is 7.62. The molecule has 5 nitrogen and oxygen atoms in total. The zero-order valence-electron chi connectivity index (χ0n) is 14.5. The molecule has 1 heterocycles. The summed E-state index contributed by atoms with van der Waals surface area (Å²) >= 11 is 0. The lowest BCUT2D eigenvalue weighted by Crippen LogP contribution is -2.46.